The molecule has 8 N–H and O–H groups in total. The molecule has 2 aliphatic heterocycles. The number of nitrogens with zero attached hydrogens (tertiary/aromatic N) is 8. The predicted molar refractivity (Wildman–Crippen MR) is 182 cm³/mol. The van der Waals surface area contributed by atoms with E-state index in [9.17, 15) is 25.9 Å². The first-order valence-electron chi connectivity index (χ1n) is 14.1. The molecule has 19 heteroatoms. The molecule has 5 heterocycles. The molecule has 51 heavy (non-hydrogen) atoms. The van der Waals surface area contributed by atoms with E-state index in [1.807, 2.05) is 0 Å². The molecule has 3 aromatic heterocycles. The molecule has 0 aliphatic carbocycles. The summed E-state index contributed by atoms with van der Waals surface area (Å²) in [5, 5.41) is 2.39. The zero-order chi connectivity index (χ0) is 32.9. The molecule has 4 aromatic carbocycles. The maximum atomic E-state index is 12.0. The van der Waals surface area contributed by atoms with Crippen molar-refractivity contribution in [2.24, 2.45) is 0 Å². The van der Waals surface area contributed by atoms with Gasteiger partial charge in [0.15, 0.2) is 0 Å². The molecule has 7 aromatic rings. The van der Waals surface area contributed by atoms with Gasteiger partial charge in [-0.25, -0.2) is 26.8 Å². The fraction of sp³-hybridized carbons (Fsp3) is 0. The van der Waals surface area contributed by atoms with Crippen LogP contribution in [0.4, 0.5) is 0 Å². The average Bonchev–Trinajstić information content (AvgIpc) is 3.79. The second-order valence-corrected chi connectivity index (χ2v) is 13.7. The molecule has 8 bridgehead atoms. The van der Waals surface area contributed by atoms with E-state index in [0.29, 0.717) is 32.7 Å². The van der Waals surface area contributed by atoms with Crippen molar-refractivity contribution in [1.82, 2.24) is 52.2 Å². The van der Waals surface area contributed by atoms with Gasteiger partial charge in [0, 0.05) is 61.9 Å². The van der Waals surface area contributed by atoms with Crippen molar-refractivity contribution in [2.45, 2.75) is 9.79 Å². The van der Waals surface area contributed by atoms with Gasteiger partial charge in [-0.05, 0) is 45.8 Å². The van der Waals surface area contributed by atoms with Crippen LogP contribution < -0.4 is 22.3 Å². The summed E-state index contributed by atoms with van der Waals surface area (Å²) in [5.41, 5.74) is 2.22. The smallest absolute Gasteiger partial charge is 0.124 e. The summed E-state index contributed by atoms with van der Waals surface area (Å²) in [6.07, 6.45) is 0. The van der Waals surface area contributed by atoms with Gasteiger partial charge in [0.1, 0.15) is 20.2 Å². The van der Waals surface area contributed by atoms with Crippen LogP contribution in [0.1, 0.15) is 0 Å². The zero-order valence-electron chi connectivity index (χ0n) is 26.2. The molecule has 0 atom stereocenters. The molecule has 9 rings (SSSR count). The Kier molecular flexibility index (Phi) is 8.57. The Morgan fingerprint density at radius 3 is 1.02 bits per heavy atom. The molecular formula is C32H22CuN10O6S2-2. The molecular weight excluding hydrogens is 748 g/mol. The van der Waals surface area contributed by atoms with Crippen LogP contribution in [0.3, 0.4) is 0 Å². The second kappa shape index (κ2) is 12.4. The standard InChI is InChI=1S/C32H16N8O6S2.Cu.2H3N/c41-47(42,43)15-9-11-21-23(13-15)32-38-28-20-8-4-2-6-18(20)26(34-28)36-30-22-12-10-16(48(44,45)46)14-24(22)31(40-30)37-27-19-7-3-1-5-17(19)25(33-27)35-29(21)39-32;;;/h1-14H,(H2-2,33,34,35,36,37,38,39,40,41,42,43,44,45,46);;2*1H3/q-2;;;. The molecule has 0 saturated heterocycles. The summed E-state index contributed by atoms with van der Waals surface area (Å²) < 4.78 is 71.8. The minimum Gasteiger partial charge on any atom is -0.744 e. The van der Waals surface area contributed by atoms with E-state index < -0.39 is 30.0 Å². The number of rotatable bonds is 2. The summed E-state index contributed by atoms with van der Waals surface area (Å²) in [6.45, 7) is 0. The van der Waals surface area contributed by atoms with Crippen LogP contribution in [-0.2, 0) is 37.3 Å². The normalized spacial score (nSPS) is 12.0. The second-order valence-electron chi connectivity index (χ2n) is 10.9. The van der Waals surface area contributed by atoms with E-state index >= 15 is 0 Å². The third-order valence-electron chi connectivity index (χ3n) is 8.04. The summed E-state index contributed by atoms with van der Waals surface area (Å²) in [4.78, 5) is 36.6. The largest absolute Gasteiger partial charge is 0.744 e. The van der Waals surface area contributed by atoms with Crippen molar-refractivity contribution in [3.63, 3.8) is 0 Å². The molecule has 2 aliphatic rings. The van der Waals surface area contributed by atoms with Gasteiger partial charge in [-0.15, -0.1) is 0 Å². The van der Waals surface area contributed by atoms with E-state index in [1.54, 1.807) is 48.5 Å². The van der Waals surface area contributed by atoms with Crippen molar-refractivity contribution in [1.29, 1.82) is 0 Å². The summed E-state index contributed by atoms with van der Waals surface area (Å²) >= 11 is 0. The minimum absolute atomic E-state index is 0. The summed E-state index contributed by atoms with van der Waals surface area (Å²) in [7, 11) is -9.61. The van der Waals surface area contributed by atoms with Gasteiger partial charge in [0.2, 0.25) is 0 Å². The van der Waals surface area contributed by atoms with Gasteiger partial charge >= 0.3 is 0 Å². The zero-order valence-corrected chi connectivity index (χ0v) is 28.8. The average molecular weight is 770 g/mol. The minimum atomic E-state index is -4.81. The van der Waals surface area contributed by atoms with Crippen molar-refractivity contribution in [2.75, 3.05) is 0 Å². The Labute approximate surface area is 298 Å². The Morgan fingerprint density at radius 1 is 0.431 bits per heavy atom. The molecule has 0 spiro atoms. The van der Waals surface area contributed by atoms with Gasteiger partial charge < -0.3 is 51.3 Å². The van der Waals surface area contributed by atoms with Gasteiger partial charge in [-0.3, -0.25) is 0 Å². The number of hydrogen-bond donors (Lipinski definition) is 2. The number of benzene rings is 4. The van der Waals surface area contributed by atoms with E-state index in [-0.39, 0.29) is 86.4 Å². The first-order valence-corrected chi connectivity index (χ1v) is 16.9. The van der Waals surface area contributed by atoms with E-state index in [4.69, 9.17) is 19.9 Å². The quantitative estimate of drug-likeness (QED) is 0.178. The van der Waals surface area contributed by atoms with Crippen LogP contribution in [0.25, 0.3) is 89.7 Å². The topological polar surface area (TPSA) is 293 Å². The van der Waals surface area contributed by atoms with Gasteiger partial charge in [0.25, 0.3) is 0 Å². The van der Waals surface area contributed by atoms with E-state index in [2.05, 4.69) is 19.9 Å². The Bertz CT molecular complexity index is 2790. The maximum absolute atomic E-state index is 12.0. The number of quaternary nitrogens is 2. The third kappa shape index (κ3) is 5.72. The molecule has 1 radical (unpaired) electrons. The monoisotopic (exact) mass is 769 g/mol. The SMILES string of the molecule is O=S(=O)([O-])c1ccc2c(c1)-c1nc-2nc2[n-]c(nc3nc(nc4[n-]c(n1)c1ccccc41)-c1ccc(S(=O)(=O)[O-])cc1-3)c1ccccc21.[Cu].[NH4+].[NH4+]. The van der Waals surface area contributed by atoms with Gasteiger partial charge in [-0.2, -0.15) is 0 Å². The van der Waals surface area contributed by atoms with Crippen LogP contribution in [0.15, 0.2) is 94.7 Å². The Morgan fingerprint density at radius 2 is 0.725 bits per heavy atom. The molecule has 0 saturated carbocycles. The van der Waals surface area contributed by atoms with Crippen molar-refractivity contribution in [3.05, 3.63) is 84.9 Å². The van der Waals surface area contributed by atoms with Gasteiger partial charge in [0.05, 0.1) is 33.1 Å². The van der Waals surface area contributed by atoms with Crippen LogP contribution in [0, 0.1) is 0 Å². The van der Waals surface area contributed by atoms with Gasteiger partial charge in [-0.1, -0.05) is 60.7 Å². The molecule has 0 unspecified atom stereocenters. The molecule has 16 nitrogen and oxygen atoms in total. The van der Waals surface area contributed by atoms with Crippen molar-refractivity contribution < 1.29 is 43.0 Å². The Hall–Kier alpha value is -5.50. The van der Waals surface area contributed by atoms with Crippen molar-refractivity contribution in [3.8, 4) is 45.6 Å². The molecule has 261 valence electrons. The van der Waals surface area contributed by atoms with Crippen LogP contribution in [0.5, 0.6) is 0 Å². The third-order valence-corrected chi connectivity index (χ3v) is 9.70. The summed E-state index contributed by atoms with van der Waals surface area (Å²) in [5.74, 6) is 0.460. The first kappa shape index (κ1) is 35.3. The molecule has 0 amide bonds. The number of aromatic nitrogens is 8. The van der Waals surface area contributed by atoms with Crippen molar-refractivity contribution >= 4 is 64.4 Å². The van der Waals surface area contributed by atoms with E-state index in [0.717, 1.165) is 0 Å². The maximum Gasteiger partial charge on any atom is 0.124 e. The molecule has 0 fully saturated rings. The van der Waals surface area contributed by atoms with Crippen LogP contribution in [-0.4, -0.2) is 55.8 Å². The fourth-order valence-electron chi connectivity index (χ4n) is 5.83. The van der Waals surface area contributed by atoms with E-state index in [1.165, 1.54) is 36.4 Å². The summed E-state index contributed by atoms with van der Waals surface area (Å²) in [6, 6.07) is 22.0. The first-order chi connectivity index (χ1) is 23.0. The number of hydrogen-bond acceptors (Lipinski definition) is 12. The Balaban J connectivity index is 0.00000149. The van der Waals surface area contributed by atoms with Crippen LogP contribution >= 0.6 is 0 Å². The van der Waals surface area contributed by atoms with Crippen LogP contribution in [0.2, 0.25) is 0 Å². The fourth-order valence-corrected chi connectivity index (χ4v) is 6.82. The number of fused-ring (bicyclic) bond motifs is 20. The predicted octanol–water partition coefficient (Wildman–Crippen LogP) is 4.69.